The van der Waals surface area contributed by atoms with E-state index in [1.807, 2.05) is 4.90 Å². The lowest BCUT2D eigenvalue weighted by Crippen LogP contribution is -2.53. The molecule has 104 valence electrons. The van der Waals surface area contributed by atoms with Crippen molar-refractivity contribution in [2.45, 2.75) is 13.8 Å². The summed E-state index contributed by atoms with van der Waals surface area (Å²) in [6.45, 7) is 9.00. The van der Waals surface area contributed by atoms with Crippen molar-refractivity contribution in [2.24, 2.45) is 4.99 Å². The fourth-order valence-electron chi connectivity index (χ4n) is 1.90. The fraction of sp³-hybridized carbons (Fsp3) is 0.833. The Balaban J connectivity index is 2.49. The van der Waals surface area contributed by atoms with Crippen molar-refractivity contribution in [3.8, 4) is 0 Å². The topological polar surface area (TPSA) is 57.2 Å². The first-order valence-corrected chi connectivity index (χ1v) is 6.46. The minimum absolute atomic E-state index is 0.149. The molecule has 6 nitrogen and oxygen atoms in total. The summed E-state index contributed by atoms with van der Waals surface area (Å²) >= 11 is 0. The molecule has 1 heterocycles. The molecule has 1 amide bonds. The first-order chi connectivity index (χ1) is 8.69. The van der Waals surface area contributed by atoms with E-state index in [4.69, 9.17) is 4.74 Å². The Bertz CT molecular complexity index is 286. The molecule has 0 aromatic rings. The Labute approximate surface area is 109 Å². The van der Waals surface area contributed by atoms with Crippen LogP contribution in [0.2, 0.25) is 0 Å². The molecule has 1 rings (SSSR count). The number of amides is 1. The second kappa shape index (κ2) is 7.92. The average molecular weight is 256 g/mol. The van der Waals surface area contributed by atoms with Gasteiger partial charge in [-0.3, -0.25) is 9.79 Å². The smallest absolute Gasteiger partial charge is 0.219 e. The number of aliphatic imine (C=N–C) groups is 1. The lowest BCUT2D eigenvalue weighted by Gasteiger charge is -2.36. The van der Waals surface area contributed by atoms with E-state index in [9.17, 15) is 4.79 Å². The van der Waals surface area contributed by atoms with Gasteiger partial charge in [-0.1, -0.05) is 0 Å². The molecule has 1 aliphatic heterocycles. The number of piperazine rings is 1. The van der Waals surface area contributed by atoms with Crippen molar-refractivity contribution in [1.82, 2.24) is 15.1 Å². The minimum Gasteiger partial charge on any atom is -0.383 e. The van der Waals surface area contributed by atoms with Gasteiger partial charge in [-0.2, -0.15) is 0 Å². The van der Waals surface area contributed by atoms with Gasteiger partial charge in [-0.05, 0) is 6.92 Å². The number of nitrogens with one attached hydrogen (secondary N) is 1. The molecule has 0 unspecified atom stereocenters. The summed E-state index contributed by atoms with van der Waals surface area (Å²) in [5.74, 6) is 1.06. The Kier molecular flexibility index (Phi) is 6.49. The van der Waals surface area contributed by atoms with E-state index >= 15 is 0 Å². The molecule has 18 heavy (non-hydrogen) atoms. The van der Waals surface area contributed by atoms with Gasteiger partial charge in [0.2, 0.25) is 5.91 Å². The van der Waals surface area contributed by atoms with Crippen LogP contribution in [0.25, 0.3) is 0 Å². The first kappa shape index (κ1) is 14.8. The third-order valence-electron chi connectivity index (χ3n) is 2.92. The highest BCUT2D eigenvalue weighted by molar-refractivity contribution is 5.80. The Morgan fingerprint density at radius 2 is 1.89 bits per heavy atom. The van der Waals surface area contributed by atoms with E-state index in [2.05, 4.69) is 22.1 Å². The molecule has 0 radical (unpaired) electrons. The molecule has 6 heteroatoms. The van der Waals surface area contributed by atoms with E-state index < -0.39 is 0 Å². The number of guanidine groups is 1. The Morgan fingerprint density at radius 1 is 1.28 bits per heavy atom. The average Bonchev–Trinajstić information content (AvgIpc) is 2.38. The van der Waals surface area contributed by atoms with Gasteiger partial charge in [0.1, 0.15) is 0 Å². The predicted molar refractivity (Wildman–Crippen MR) is 71.7 cm³/mol. The lowest BCUT2D eigenvalue weighted by molar-refractivity contribution is -0.130. The summed E-state index contributed by atoms with van der Waals surface area (Å²) in [4.78, 5) is 19.8. The van der Waals surface area contributed by atoms with E-state index in [0.29, 0.717) is 13.2 Å². The van der Waals surface area contributed by atoms with Gasteiger partial charge < -0.3 is 19.9 Å². The van der Waals surface area contributed by atoms with E-state index in [1.165, 1.54) is 0 Å². The summed E-state index contributed by atoms with van der Waals surface area (Å²) in [5.41, 5.74) is 0. The number of carbonyl (C=O) groups excluding carboxylic acids is 1. The van der Waals surface area contributed by atoms with E-state index in [1.54, 1.807) is 14.0 Å². The van der Waals surface area contributed by atoms with Crippen molar-refractivity contribution >= 4 is 11.9 Å². The Morgan fingerprint density at radius 3 is 2.39 bits per heavy atom. The second-order valence-corrected chi connectivity index (χ2v) is 4.22. The van der Waals surface area contributed by atoms with Crippen molar-refractivity contribution in [1.29, 1.82) is 0 Å². The molecule has 0 aromatic carbocycles. The van der Waals surface area contributed by atoms with Crippen LogP contribution in [0.3, 0.4) is 0 Å². The van der Waals surface area contributed by atoms with Gasteiger partial charge in [0, 0.05) is 46.8 Å². The molecule has 0 saturated carbocycles. The van der Waals surface area contributed by atoms with Gasteiger partial charge in [0.15, 0.2) is 5.96 Å². The molecule has 1 saturated heterocycles. The van der Waals surface area contributed by atoms with Crippen LogP contribution in [-0.4, -0.2) is 74.7 Å². The molecule has 1 aliphatic rings. The third kappa shape index (κ3) is 4.52. The number of hydrogen-bond acceptors (Lipinski definition) is 3. The van der Waals surface area contributed by atoms with Gasteiger partial charge >= 0.3 is 0 Å². The Hall–Kier alpha value is -1.30. The van der Waals surface area contributed by atoms with Gasteiger partial charge in [-0.15, -0.1) is 0 Å². The molecule has 1 N–H and O–H groups in total. The van der Waals surface area contributed by atoms with Crippen molar-refractivity contribution in [3.05, 3.63) is 0 Å². The molecule has 0 atom stereocenters. The van der Waals surface area contributed by atoms with Gasteiger partial charge in [0.25, 0.3) is 0 Å². The molecule has 0 aliphatic carbocycles. The maximum absolute atomic E-state index is 11.3. The van der Waals surface area contributed by atoms with Crippen molar-refractivity contribution in [2.75, 3.05) is 53.0 Å². The molecule has 0 spiro atoms. The van der Waals surface area contributed by atoms with Crippen molar-refractivity contribution < 1.29 is 9.53 Å². The molecule has 0 aromatic heterocycles. The highest BCUT2D eigenvalue weighted by Crippen LogP contribution is 2.02. The van der Waals surface area contributed by atoms with E-state index in [0.717, 1.165) is 38.7 Å². The van der Waals surface area contributed by atoms with Crippen LogP contribution >= 0.6 is 0 Å². The lowest BCUT2D eigenvalue weighted by atomic mass is 10.3. The quantitative estimate of drug-likeness (QED) is 0.428. The van der Waals surface area contributed by atoms with Crippen LogP contribution in [0, 0.1) is 0 Å². The molecule has 0 bridgehead atoms. The standard InChI is InChI=1S/C12H24N4O2/c1-4-13-12(14-5-10-18-3)16-8-6-15(7-9-16)11(2)17/h4-10H2,1-3H3,(H,13,14). The summed E-state index contributed by atoms with van der Waals surface area (Å²) in [6.07, 6.45) is 0. The fourth-order valence-corrected chi connectivity index (χ4v) is 1.90. The predicted octanol–water partition coefficient (Wildman–Crippen LogP) is -0.238. The molecular weight excluding hydrogens is 232 g/mol. The van der Waals surface area contributed by atoms with Crippen LogP contribution in [-0.2, 0) is 9.53 Å². The maximum Gasteiger partial charge on any atom is 0.219 e. The molecular formula is C12H24N4O2. The molecule has 1 fully saturated rings. The monoisotopic (exact) mass is 256 g/mol. The maximum atomic E-state index is 11.3. The van der Waals surface area contributed by atoms with Crippen molar-refractivity contribution in [3.63, 3.8) is 0 Å². The highest BCUT2D eigenvalue weighted by atomic mass is 16.5. The number of ether oxygens (including phenoxy) is 1. The first-order valence-electron chi connectivity index (χ1n) is 6.46. The van der Waals surface area contributed by atoms with Crippen LogP contribution in [0.4, 0.5) is 0 Å². The summed E-state index contributed by atoms with van der Waals surface area (Å²) < 4.78 is 5.00. The van der Waals surface area contributed by atoms with E-state index in [-0.39, 0.29) is 5.91 Å². The SMILES string of the molecule is CCNC(=NCCOC)N1CCN(C(C)=O)CC1. The zero-order valence-corrected chi connectivity index (χ0v) is 11.6. The number of carbonyl (C=O) groups is 1. The summed E-state index contributed by atoms with van der Waals surface area (Å²) in [5, 5.41) is 3.27. The zero-order chi connectivity index (χ0) is 13.4. The summed E-state index contributed by atoms with van der Waals surface area (Å²) in [7, 11) is 1.67. The minimum atomic E-state index is 0.149. The summed E-state index contributed by atoms with van der Waals surface area (Å²) in [6, 6.07) is 0. The van der Waals surface area contributed by atoms with Crippen LogP contribution in [0.1, 0.15) is 13.8 Å². The number of methoxy groups -OCH3 is 1. The zero-order valence-electron chi connectivity index (χ0n) is 11.6. The number of hydrogen-bond donors (Lipinski definition) is 1. The largest absolute Gasteiger partial charge is 0.383 e. The van der Waals surface area contributed by atoms with Gasteiger partial charge in [-0.25, -0.2) is 0 Å². The normalized spacial score (nSPS) is 16.9. The highest BCUT2D eigenvalue weighted by Gasteiger charge is 2.20. The third-order valence-corrected chi connectivity index (χ3v) is 2.92. The van der Waals surface area contributed by atoms with Crippen LogP contribution in [0.5, 0.6) is 0 Å². The number of nitrogens with zero attached hydrogens (tertiary/aromatic N) is 3. The number of rotatable bonds is 4. The van der Waals surface area contributed by atoms with Gasteiger partial charge in [0.05, 0.1) is 13.2 Å². The second-order valence-electron chi connectivity index (χ2n) is 4.22. The van der Waals surface area contributed by atoms with Crippen LogP contribution in [0.15, 0.2) is 4.99 Å². The van der Waals surface area contributed by atoms with Crippen LogP contribution < -0.4 is 5.32 Å².